The number of rotatable bonds is 4. The van der Waals surface area contributed by atoms with Gasteiger partial charge in [-0.15, -0.1) is 0 Å². The van der Waals surface area contributed by atoms with Crippen molar-refractivity contribution in [1.29, 1.82) is 0 Å². The van der Waals surface area contributed by atoms with Crippen molar-refractivity contribution >= 4 is 11.3 Å². The molecule has 1 aromatic carbocycles. The number of hydrogen-bond acceptors (Lipinski definition) is 2. The molecule has 3 nitrogen and oxygen atoms in total. The maximum Gasteiger partial charge on any atom is 0.270 e. The predicted octanol–water partition coefficient (Wildman–Crippen LogP) is 4.50. The molecule has 3 heteroatoms. The Bertz CT molecular complexity index is 461. The normalized spacial score (nSPS) is 12.2. The number of nitro groups is 1. The summed E-state index contributed by atoms with van der Waals surface area (Å²) in [6, 6.07) is 5.04. The Balaban J connectivity index is 3.25. The molecule has 1 aromatic rings. The highest BCUT2D eigenvalue weighted by molar-refractivity contribution is 5.70. The summed E-state index contributed by atoms with van der Waals surface area (Å²) in [4.78, 5) is 10.4. The zero-order valence-corrected chi connectivity index (χ0v) is 10.9. The number of aryl methyl sites for hydroxylation is 1. The molecule has 0 heterocycles. The van der Waals surface area contributed by atoms with Gasteiger partial charge in [-0.05, 0) is 43.9 Å². The van der Waals surface area contributed by atoms with Crippen molar-refractivity contribution in [3.05, 3.63) is 45.0 Å². The maximum absolute atomic E-state index is 10.8. The summed E-state index contributed by atoms with van der Waals surface area (Å²) in [6.07, 6.45) is 2.13. The summed E-state index contributed by atoms with van der Waals surface area (Å²) >= 11 is 0. The highest BCUT2D eigenvalue weighted by atomic mass is 16.6. The molecule has 17 heavy (non-hydrogen) atoms. The summed E-state index contributed by atoms with van der Waals surface area (Å²) in [5.41, 5.74) is 4.70. The summed E-state index contributed by atoms with van der Waals surface area (Å²) in [5, 5.41) is 10.8. The Morgan fingerprint density at radius 3 is 2.53 bits per heavy atom. The standard InChI is InChI=1S/C14H19NO2/c1-5-6-10(2)12(4)14-9-13(15(16)17)8-7-11(14)3/h7-9H,5-6H2,1-4H3/b12-10-. The zero-order valence-electron chi connectivity index (χ0n) is 10.9. The first-order chi connectivity index (χ1) is 7.97. The Labute approximate surface area is 102 Å². The van der Waals surface area contributed by atoms with Crippen molar-refractivity contribution in [2.75, 3.05) is 0 Å². The topological polar surface area (TPSA) is 43.1 Å². The van der Waals surface area contributed by atoms with Crippen LogP contribution in [0.5, 0.6) is 0 Å². The lowest BCUT2D eigenvalue weighted by Gasteiger charge is -2.10. The largest absolute Gasteiger partial charge is 0.270 e. The van der Waals surface area contributed by atoms with Gasteiger partial charge < -0.3 is 0 Å². The molecule has 0 spiro atoms. The lowest BCUT2D eigenvalue weighted by atomic mass is 9.95. The van der Waals surface area contributed by atoms with Crippen LogP contribution in [-0.2, 0) is 0 Å². The lowest BCUT2D eigenvalue weighted by molar-refractivity contribution is -0.384. The van der Waals surface area contributed by atoms with E-state index in [4.69, 9.17) is 0 Å². The summed E-state index contributed by atoms with van der Waals surface area (Å²) in [6.45, 7) is 8.26. The quantitative estimate of drug-likeness (QED) is 0.567. The van der Waals surface area contributed by atoms with Gasteiger partial charge in [0.2, 0.25) is 0 Å². The van der Waals surface area contributed by atoms with Crippen LogP contribution in [0, 0.1) is 17.0 Å². The van der Waals surface area contributed by atoms with Crippen LogP contribution in [0.1, 0.15) is 44.7 Å². The third kappa shape index (κ3) is 3.16. The fourth-order valence-electron chi connectivity index (χ4n) is 1.92. The fraction of sp³-hybridized carbons (Fsp3) is 0.429. The van der Waals surface area contributed by atoms with E-state index in [-0.39, 0.29) is 10.6 Å². The number of allylic oxidation sites excluding steroid dienone is 2. The van der Waals surface area contributed by atoms with Crippen molar-refractivity contribution in [3.8, 4) is 0 Å². The van der Waals surface area contributed by atoms with Crippen LogP contribution in [0.25, 0.3) is 5.57 Å². The van der Waals surface area contributed by atoms with Gasteiger partial charge in [0.05, 0.1) is 4.92 Å². The van der Waals surface area contributed by atoms with E-state index in [1.165, 1.54) is 5.57 Å². The number of nitrogens with zero attached hydrogens (tertiary/aromatic N) is 1. The van der Waals surface area contributed by atoms with E-state index in [9.17, 15) is 10.1 Å². The van der Waals surface area contributed by atoms with E-state index in [2.05, 4.69) is 13.8 Å². The third-order valence-electron chi connectivity index (χ3n) is 3.10. The molecule has 0 fully saturated rings. The highest BCUT2D eigenvalue weighted by Gasteiger charge is 2.10. The van der Waals surface area contributed by atoms with E-state index < -0.39 is 0 Å². The van der Waals surface area contributed by atoms with Gasteiger partial charge in [-0.1, -0.05) is 25.0 Å². The first-order valence-corrected chi connectivity index (χ1v) is 5.89. The lowest BCUT2D eigenvalue weighted by Crippen LogP contribution is -1.94. The average molecular weight is 233 g/mol. The molecule has 0 aliphatic heterocycles. The van der Waals surface area contributed by atoms with Crippen molar-refractivity contribution in [2.24, 2.45) is 0 Å². The molecule has 0 atom stereocenters. The number of hydrogen-bond donors (Lipinski definition) is 0. The minimum absolute atomic E-state index is 0.161. The number of nitro benzene ring substituents is 1. The molecular weight excluding hydrogens is 214 g/mol. The van der Waals surface area contributed by atoms with Crippen molar-refractivity contribution in [2.45, 2.75) is 40.5 Å². The van der Waals surface area contributed by atoms with Gasteiger partial charge in [-0.3, -0.25) is 10.1 Å². The van der Waals surface area contributed by atoms with E-state index >= 15 is 0 Å². The Morgan fingerprint density at radius 2 is 2.00 bits per heavy atom. The van der Waals surface area contributed by atoms with Gasteiger partial charge in [0.1, 0.15) is 0 Å². The molecule has 1 rings (SSSR count). The van der Waals surface area contributed by atoms with E-state index in [0.29, 0.717) is 0 Å². The first-order valence-electron chi connectivity index (χ1n) is 5.89. The minimum Gasteiger partial charge on any atom is -0.258 e. The fourth-order valence-corrected chi connectivity index (χ4v) is 1.92. The van der Waals surface area contributed by atoms with Gasteiger partial charge in [0.25, 0.3) is 5.69 Å². The summed E-state index contributed by atoms with van der Waals surface area (Å²) < 4.78 is 0. The SMILES string of the molecule is CCC/C(C)=C(/C)c1cc([N+](=O)[O-])ccc1C. The van der Waals surface area contributed by atoms with Crippen LogP contribution >= 0.6 is 0 Å². The second-order valence-corrected chi connectivity index (χ2v) is 4.41. The van der Waals surface area contributed by atoms with Crippen LogP contribution < -0.4 is 0 Å². The monoisotopic (exact) mass is 233 g/mol. The molecule has 0 aromatic heterocycles. The van der Waals surface area contributed by atoms with Gasteiger partial charge in [-0.2, -0.15) is 0 Å². The van der Waals surface area contributed by atoms with E-state index in [0.717, 1.165) is 29.5 Å². The van der Waals surface area contributed by atoms with Crippen LogP contribution in [0.3, 0.4) is 0 Å². The van der Waals surface area contributed by atoms with Gasteiger partial charge >= 0.3 is 0 Å². The van der Waals surface area contributed by atoms with Crippen LogP contribution in [0.15, 0.2) is 23.8 Å². The smallest absolute Gasteiger partial charge is 0.258 e. The first kappa shape index (κ1) is 13.4. The molecule has 0 aliphatic rings. The van der Waals surface area contributed by atoms with Crippen LogP contribution in [-0.4, -0.2) is 4.92 Å². The average Bonchev–Trinajstić information content (AvgIpc) is 2.28. The van der Waals surface area contributed by atoms with Gasteiger partial charge in [0.15, 0.2) is 0 Å². The molecular formula is C14H19NO2. The van der Waals surface area contributed by atoms with Crippen molar-refractivity contribution < 1.29 is 4.92 Å². The molecule has 0 saturated heterocycles. The molecule has 0 unspecified atom stereocenters. The van der Waals surface area contributed by atoms with Crippen LogP contribution in [0.4, 0.5) is 5.69 Å². The van der Waals surface area contributed by atoms with E-state index in [1.54, 1.807) is 12.1 Å². The molecule has 92 valence electrons. The summed E-state index contributed by atoms with van der Waals surface area (Å²) in [7, 11) is 0. The van der Waals surface area contributed by atoms with Gasteiger partial charge in [0, 0.05) is 12.1 Å². The van der Waals surface area contributed by atoms with Crippen molar-refractivity contribution in [3.63, 3.8) is 0 Å². The molecule has 0 bridgehead atoms. The van der Waals surface area contributed by atoms with E-state index in [1.807, 2.05) is 19.9 Å². The molecule has 0 aliphatic carbocycles. The number of non-ortho nitro benzene ring substituents is 1. The maximum atomic E-state index is 10.8. The Hall–Kier alpha value is -1.64. The highest BCUT2D eigenvalue weighted by Crippen LogP contribution is 2.27. The zero-order chi connectivity index (χ0) is 13.0. The van der Waals surface area contributed by atoms with Crippen molar-refractivity contribution in [1.82, 2.24) is 0 Å². The number of benzene rings is 1. The van der Waals surface area contributed by atoms with Gasteiger partial charge in [-0.25, -0.2) is 0 Å². The Kier molecular flexibility index (Phi) is 4.44. The third-order valence-corrected chi connectivity index (χ3v) is 3.10. The molecule has 0 amide bonds. The Morgan fingerprint density at radius 1 is 1.35 bits per heavy atom. The predicted molar refractivity (Wildman–Crippen MR) is 71.0 cm³/mol. The molecule has 0 radical (unpaired) electrons. The second-order valence-electron chi connectivity index (χ2n) is 4.41. The minimum atomic E-state index is -0.342. The van der Waals surface area contributed by atoms with Crippen LogP contribution in [0.2, 0.25) is 0 Å². The molecule has 0 saturated carbocycles. The molecule has 0 N–H and O–H groups in total. The second kappa shape index (κ2) is 5.62. The summed E-state index contributed by atoms with van der Waals surface area (Å²) in [5.74, 6) is 0.